The van der Waals surface area contributed by atoms with E-state index in [-0.39, 0.29) is 12.6 Å². The molecular formula is C25H25N7O4. The minimum Gasteiger partial charge on any atom is -0.491 e. The number of aryl methyl sites for hydroxylation is 1. The maximum atomic E-state index is 12.2. The van der Waals surface area contributed by atoms with Gasteiger partial charge >= 0.3 is 0 Å². The molecule has 1 aliphatic rings. The third-order valence-corrected chi connectivity index (χ3v) is 6.63. The first kappa shape index (κ1) is 22.1. The van der Waals surface area contributed by atoms with E-state index in [2.05, 4.69) is 14.6 Å². The van der Waals surface area contributed by atoms with Crippen molar-refractivity contribution in [1.82, 2.24) is 24.3 Å². The second kappa shape index (κ2) is 8.09. The smallest absolute Gasteiger partial charge is 0.292 e. The molecule has 11 nitrogen and oxygen atoms in total. The molecule has 2 aromatic carbocycles. The minimum atomic E-state index is -1.11. The average molecular weight is 488 g/mol. The number of hydrogen-bond donors (Lipinski definition) is 2. The summed E-state index contributed by atoms with van der Waals surface area (Å²) in [6.45, 7) is 3.16. The summed E-state index contributed by atoms with van der Waals surface area (Å²) < 4.78 is 20.5. The number of amides is 1. The summed E-state index contributed by atoms with van der Waals surface area (Å²) in [5.74, 6) is 1.03. The Hall–Kier alpha value is -4.38. The highest BCUT2D eigenvalue weighted by Gasteiger charge is 2.34. The fourth-order valence-corrected chi connectivity index (χ4v) is 4.71. The minimum absolute atomic E-state index is 0.103. The number of benzene rings is 2. The molecule has 11 heteroatoms. The van der Waals surface area contributed by atoms with Gasteiger partial charge in [-0.15, -0.1) is 0 Å². The van der Waals surface area contributed by atoms with E-state index in [0.29, 0.717) is 17.7 Å². The van der Waals surface area contributed by atoms with Crippen molar-refractivity contribution in [3.8, 4) is 28.3 Å². The van der Waals surface area contributed by atoms with Gasteiger partial charge in [0.05, 0.1) is 24.9 Å². The van der Waals surface area contributed by atoms with E-state index in [4.69, 9.17) is 30.3 Å². The van der Waals surface area contributed by atoms with E-state index < -0.39 is 11.4 Å². The van der Waals surface area contributed by atoms with E-state index in [1.54, 1.807) is 24.0 Å². The van der Waals surface area contributed by atoms with E-state index in [1.807, 2.05) is 30.3 Å². The van der Waals surface area contributed by atoms with Crippen LogP contribution in [0.5, 0.6) is 5.75 Å². The van der Waals surface area contributed by atoms with Gasteiger partial charge in [0.25, 0.3) is 6.01 Å². The fourth-order valence-electron chi connectivity index (χ4n) is 4.71. The largest absolute Gasteiger partial charge is 0.491 e. The van der Waals surface area contributed by atoms with Crippen molar-refractivity contribution in [3.05, 3.63) is 42.7 Å². The van der Waals surface area contributed by atoms with Gasteiger partial charge in [-0.3, -0.25) is 9.48 Å². The monoisotopic (exact) mass is 487 g/mol. The normalized spacial score (nSPS) is 15.1. The van der Waals surface area contributed by atoms with Crippen LogP contribution in [0.1, 0.15) is 13.3 Å². The Labute approximate surface area is 205 Å². The molecule has 4 heterocycles. The van der Waals surface area contributed by atoms with E-state index in [9.17, 15) is 4.79 Å². The number of nitrogen functional groups attached to an aromatic ring is 1. The number of carbonyl (C=O) groups is 1. The number of aromatic nitrogens is 5. The number of oxazole rings is 1. The van der Waals surface area contributed by atoms with Crippen molar-refractivity contribution in [1.29, 1.82) is 0 Å². The number of methoxy groups -OCH3 is 1. The Morgan fingerprint density at radius 2 is 2.00 bits per heavy atom. The molecule has 0 saturated heterocycles. The summed E-state index contributed by atoms with van der Waals surface area (Å²) in [6.07, 6.45) is 4.32. The van der Waals surface area contributed by atoms with Crippen LogP contribution in [-0.2, 0) is 21.6 Å². The highest BCUT2D eigenvalue weighted by Crippen LogP contribution is 2.38. The fraction of sp³-hybridized carbons (Fsp3) is 0.280. The summed E-state index contributed by atoms with van der Waals surface area (Å²) in [7, 11) is 1.52. The van der Waals surface area contributed by atoms with Crippen molar-refractivity contribution in [2.24, 2.45) is 5.73 Å². The highest BCUT2D eigenvalue weighted by atomic mass is 16.5. The maximum absolute atomic E-state index is 12.2. The van der Waals surface area contributed by atoms with Gasteiger partial charge in [-0.1, -0.05) is 0 Å². The molecule has 0 radical (unpaired) electrons. The predicted octanol–water partition coefficient (Wildman–Crippen LogP) is 2.92. The van der Waals surface area contributed by atoms with Crippen LogP contribution >= 0.6 is 0 Å². The summed E-state index contributed by atoms with van der Waals surface area (Å²) in [6, 6.07) is 9.85. The molecule has 184 valence electrons. The Morgan fingerprint density at radius 3 is 2.81 bits per heavy atom. The van der Waals surface area contributed by atoms with Gasteiger partial charge in [-0.05, 0) is 49.2 Å². The molecule has 6 rings (SSSR count). The lowest BCUT2D eigenvalue weighted by atomic mass is 10.0. The van der Waals surface area contributed by atoms with Crippen LogP contribution in [0, 0.1) is 0 Å². The Bertz CT molecular complexity index is 1630. The van der Waals surface area contributed by atoms with E-state index in [1.165, 1.54) is 7.11 Å². The molecule has 1 amide bonds. The number of hydrogen-bond acceptors (Lipinski definition) is 8. The molecule has 0 unspecified atom stereocenters. The third kappa shape index (κ3) is 3.39. The summed E-state index contributed by atoms with van der Waals surface area (Å²) in [5, 5.41) is 4.42. The lowest BCUT2D eigenvalue weighted by Crippen LogP contribution is -2.47. The van der Waals surface area contributed by atoms with Crippen molar-refractivity contribution in [2.75, 3.05) is 26.1 Å². The molecule has 3 aromatic heterocycles. The molecule has 0 saturated carbocycles. The molecule has 1 aliphatic heterocycles. The maximum Gasteiger partial charge on any atom is 0.292 e. The van der Waals surface area contributed by atoms with Crippen molar-refractivity contribution in [2.45, 2.75) is 25.4 Å². The zero-order valence-corrected chi connectivity index (χ0v) is 19.9. The standard InChI is InChI=1S/C25H25N7O4/c1-25(13-34-2,23(26)33)32-12-16(11-28-32)15-9-18-21-20(10-15)35-7-3-6-31(21)22(29-18)14-4-5-19-17(8-14)30-24(27)36-19/h4-5,8-12H,3,6-7,13H2,1-2H3,(H2,26,33)(H2,27,30)/t25-/m0/s1. The van der Waals surface area contributed by atoms with Crippen LogP contribution < -0.4 is 16.2 Å². The number of anilines is 1. The molecule has 1 atom stereocenters. The Balaban J connectivity index is 1.48. The number of nitrogens with zero attached hydrogens (tertiary/aromatic N) is 5. The molecule has 0 fully saturated rings. The Morgan fingerprint density at radius 1 is 1.17 bits per heavy atom. The van der Waals surface area contributed by atoms with Crippen LogP contribution in [0.15, 0.2) is 47.1 Å². The average Bonchev–Trinajstić information content (AvgIpc) is 3.53. The van der Waals surface area contributed by atoms with E-state index >= 15 is 0 Å². The second-order valence-corrected chi connectivity index (χ2v) is 9.11. The van der Waals surface area contributed by atoms with Crippen molar-refractivity contribution >= 4 is 34.1 Å². The van der Waals surface area contributed by atoms with Gasteiger partial charge in [0.15, 0.2) is 11.1 Å². The lowest BCUT2D eigenvalue weighted by Gasteiger charge is -2.25. The number of ether oxygens (including phenoxy) is 2. The quantitative estimate of drug-likeness (QED) is 0.371. The van der Waals surface area contributed by atoms with Crippen LogP contribution in [0.25, 0.3) is 44.6 Å². The molecule has 0 bridgehead atoms. The summed E-state index contributed by atoms with van der Waals surface area (Å²) >= 11 is 0. The van der Waals surface area contributed by atoms with Crippen molar-refractivity contribution < 1.29 is 18.7 Å². The number of nitrogens with two attached hydrogens (primary N) is 2. The predicted molar refractivity (Wildman–Crippen MR) is 133 cm³/mol. The van der Waals surface area contributed by atoms with Crippen LogP contribution in [0.2, 0.25) is 0 Å². The van der Waals surface area contributed by atoms with Gasteiger partial charge in [0.1, 0.15) is 22.6 Å². The number of imidazole rings is 1. The van der Waals surface area contributed by atoms with Crippen LogP contribution in [0.4, 0.5) is 6.01 Å². The third-order valence-electron chi connectivity index (χ3n) is 6.63. The first-order valence-electron chi connectivity index (χ1n) is 11.6. The molecular weight excluding hydrogens is 462 g/mol. The van der Waals surface area contributed by atoms with Gasteiger partial charge in [-0.25, -0.2) is 4.98 Å². The van der Waals surface area contributed by atoms with E-state index in [0.717, 1.165) is 52.3 Å². The molecule has 0 spiro atoms. The number of carbonyl (C=O) groups excluding carboxylic acids is 1. The van der Waals surface area contributed by atoms with Gasteiger partial charge in [0.2, 0.25) is 5.91 Å². The first-order chi connectivity index (χ1) is 17.4. The Kier molecular flexibility index (Phi) is 4.97. The van der Waals surface area contributed by atoms with Crippen LogP contribution in [-0.4, -0.2) is 50.5 Å². The van der Waals surface area contributed by atoms with Gasteiger partial charge in [0, 0.05) is 31.0 Å². The van der Waals surface area contributed by atoms with Crippen molar-refractivity contribution in [3.63, 3.8) is 0 Å². The zero-order chi connectivity index (χ0) is 25.0. The number of rotatable bonds is 6. The summed E-state index contributed by atoms with van der Waals surface area (Å²) in [5.41, 5.74) is 15.9. The SMILES string of the molecule is COC[C@@](C)(C(N)=O)n1cc(-c2cc3c4c(c2)nc(-c2ccc5oc(N)nc5c2)n4CCCO3)cn1. The van der Waals surface area contributed by atoms with Crippen LogP contribution in [0.3, 0.4) is 0 Å². The summed E-state index contributed by atoms with van der Waals surface area (Å²) in [4.78, 5) is 21.4. The zero-order valence-electron chi connectivity index (χ0n) is 19.9. The van der Waals surface area contributed by atoms with Gasteiger partial charge in [-0.2, -0.15) is 10.1 Å². The molecule has 0 aliphatic carbocycles. The molecule has 4 N–H and O–H groups in total. The van der Waals surface area contributed by atoms with Gasteiger partial charge < -0.3 is 29.9 Å². The topological polar surface area (TPSA) is 149 Å². The number of primary amides is 1. The first-order valence-corrected chi connectivity index (χ1v) is 11.6. The number of fused-ring (bicyclic) bond motifs is 1. The molecule has 36 heavy (non-hydrogen) atoms. The molecule has 5 aromatic rings. The lowest BCUT2D eigenvalue weighted by molar-refractivity contribution is -0.128. The highest BCUT2D eigenvalue weighted by molar-refractivity contribution is 5.92. The second-order valence-electron chi connectivity index (χ2n) is 9.11.